The normalized spacial score (nSPS) is 22.0. The van der Waals surface area contributed by atoms with Gasteiger partial charge in [0.25, 0.3) is 0 Å². The van der Waals surface area contributed by atoms with Crippen LogP contribution < -0.4 is 5.32 Å². The smallest absolute Gasteiger partial charge is 0.407 e. The van der Waals surface area contributed by atoms with Gasteiger partial charge in [-0.3, -0.25) is 4.79 Å². The number of ether oxygens (including phenoxy) is 4. The van der Waals surface area contributed by atoms with E-state index in [1.54, 1.807) is 0 Å². The fraction of sp³-hybridized carbons (Fsp3) is 0.750. The average molecular weight is 683 g/mol. The van der Waals surface area contributed by atoms with Crippen molar-refractivity contribution in [3.63, 3.8) is 0 Å². The highest BCUT2D eigenvalue weighted by molar-refractivity contribution is 6.67. The van der Waals surface area contributed by atoms with Crippen LogP contribution in [0.5, 0.6) is 0 Å². The van der Waals surface area contributed by atoms with Gasteiger partial charge in [-0.05, 0) is 12.0 Å². The number of unbranched alkanes of at least 4 members (excludes halogenated alkanes) is 12. The number of aliphatic hydroxyl groups is 2. The van der Waals surface area contributed by atoms with Gasteiger partial charge in [0.1, 0.15) is 24.9 Å². The second-order valence-corrected chi connectivity index (χ2v) is 13.8. The summed E-state index contributed by atoms with van der Waals surface area (Å²) in [6, 6.07) is 8.03. The Morgan fingerprint density at radius 3 is 2.02 bits per heavy atom. The Morgan fingerprint density at radius 1 is 0.909 bits per heavy atom. The summed E-state index contributed by atoms with van der Waals surface area (Å²) in [5, 5.41) is 23.3. The lowest BCUT2D eigenvalue weighted by Gasteiger charge is -2.43. The first kappa shape index (κ1) is 38.9. The van der Waals surface area contributed by atoms with Crippen molar-refractivity contribution >= 4 is 46.9 Å². The fourth-order valence-electron chi connectivity index (χ4n) is 5.08. The summed E-state index contributed by atoms with van der Waals surface area (Å²) in [5.41, 5.74) is 0.816. The zero-order chi connectivity index (χ0) is 32.2. The van der Waals surface area contributed by atoms with Crippen LogP contribution in [-0.2, 0) is 30.3 Å². The van der Waals surface area contributed by atoms with Crippen LogP contribution in [0.2, 0.25) is 0 Å². The molecule has 5 atom stereocenters. The van der Waals surface area contributed by atoms with Gasteiger partial charge in [0.15, 0.2) is 12.4 Å². The molecule has 1 heterocycles. The molecule has 1 aliphatic rings. The van der Waals surface area contributed by atoms with Crippen molar-refractivity contribution in [1.29, 1.82) is 0 Å². The lowest BCUT2D eigenvalue weighted by atomic mass is 9.96. The van der Waals surface area contributed by atoms with E-state index < -0.39 is 59.7 Å². The molecule has 0 radical (unpaired) electrons. The van der Waals surface area contributed by atoms with Gasteiger partial charge in [-0.2, -0.15) is 0 Å². The van der Waals surface area contributed by atoms with Gasteiger partial charge < -0.3 is 34.5 Å². The Bertz CT molecular complexity index is 921. The maximum Gasteiger partial charge on any atom is 0.407 e. The van der Waals surface area contributed by atoms with E-state index in [9.17, 15) is 19.8 Å². The molecule has 1 aromatic carbocycles. The number of carbonyl (C=O) groups is 2. The van der Waals surface area contributed by atoms with Crippen molar-refractivity contribution in [2.24, 2.45) is 0 Å². The molecule has 0 bridgehead atoms. The third kappa shape index (κ3) is 16.3. The summed E-state index contributed by atoms with van der Waals surface area (Å²) in [6.45, 7) is 1.21. The highest BCUT2D eigenvalue weighted by Crippen LogP contribution is 2.28. The number of carbonyl (C=O) groups excluding carboxylic acids is 2. The van der Waals surface area contributed by atoms with Crippen molar-refractivity contribution in [3.05, 3.63) is 35.9 Å². The lowest BCUT2D eigenvalue weighted by Crippen LogP contribution is -2.65. The summed E-state index contributed by atoms with van der Waals surface area (Å²) in [7, 11) is 0. The molecular weight excluding hydrogens is 633 g/mol. The summed E-state index contributed by atoms with van der Waals surface area (Å²) in [4.78, 5) is 25.4. The molecule has 2 unspecified atom stereocenters. The molecule has 44 heavy (non-hydrogen) atoms. The Balaban J connectivity index is 1.88. The van der Waals surface area contributed by atoms with E-state index in [1.165, 1.54) is 57.8 Å². The summed E-state index contributed by atoms with van der Waals surface area (Å²) in [5.74, 6) is -0.543. The molecule has 3 N–H and O–H groups in total. The number of hydrogen-bond donors (Lipinski definition) is 3. The van der Waals surface area contributed by atoms with Crippen LogP contribution in [0.25, 0.3) is 0 Å². The first-order valence-electron chi connectivity index (χ1n) is 15.9. The van der Waals surface area contributed by atoms with E-state index in [0.29, 0.717) is 6.42 Å². The van der Waals surface area contributed by atoms with Crippen molar-refractivity contribution in [1.82, 2.24) is 5.32 Å². The molecule has 12 heteroatoms. The van der Waals surface area contributed by atoms with Gasteiger partial charge in [-0.15, -0.1) is 0 Å². The number of benzene rings is 1. The third-order valence-corrected chi connectivity index (χ3v) is 7.84. The molecule has 1 amide bonds. The maximum absolute atomic E-state index is 12.9. The molecule has 0 aliphatic carbocycles. The number of amides is 1. The fourth-order valence-corrected chi connectivity index (χ4v) is 5.24. The number of esters is 1. The molecule has 252 valence electrons. The molecule has 0 aromatic heterocycles. The van der Waals surface area contributed by atoms with E-state index in [2.05, 4.69) is 12.2 Å². The predicted molar refractivity (Wildman–Crippen MR) is 172 cm³/mol. The molecule has 1 aliphatic heterocycles. The van der Waals surface area contributed by atoms with Crippen LogP contribution >= 0.6 is 34.8 Å². The van der Waals surface area contributed by atoms with Crippen molar-refractivity contribution in [3.8, 4) is 0 Å². The van der Waals surface area contributed by atoms with Gasteiger partial charge in [-0.1, -0.05) is 149 Å². The average Bonchev–Trinajstić information content (AvgIpc) is 3.00. The SMILES string of the molecule is CCCCCCCCCCCCCCCC(=O)OC1[C@H](O)C(CO)O[C@H](OCc2ccccc2)[C@H]1NC(=O)OCC(Cl)(Cl)Cl. The number of alkyl halides is 3. The third-order valence-electron chi connectivity index (χ3n) is 7.51. The largest absolute Gasteiger partial charge is 0.457 e. The minimum atomic E-state index is -1.84. The monoisotopic (exact) mass is 681 g/mol. The Hall–Kier alpha value is -1.33. The van der Waals surface area contributed by atoms with Crippen molar-refractivity contribution < 1.29 is 38.7 Å². The number of aliphatic hydroxyl groups excluding tert-OH is 2. The standard InChI is InChI=1S/C32H50Cl3NO8/c1-2-3-4-5-6-7-8-9-10-11-12-13-17-20-26(38)44-29-27(36-31(40)42-23-32(33,34)35)30(43-25(21-37)28(29)39)41-22-24-18-15-14-16-19-24/h14-16,18-19,25,27-30,37,39H,2-13,17,20-23H2,1H3,(H,36,40)/t25?,27-,28+,29?,30-/m0/s1. The van der Waals surface area contributed by atoms with Crippen LogP contribution in [0.3, 0.4) is 0 Å². The first-order chi connectivity index (χ1) is 21.1. The Kier molecular flexibility index (Phi) is 19.6. The van der Waals surface area contributed by atoms with Gasteiger partial charge in [0, 0.05) is 6.42 Å². The number of alkyl carbamates (subject to hydrolysis) is 1. The van der Waals surface area contributed by atoms with E-state index in [-0.39, 0.29) is 13.0 Å². The number of hydrogen-bond acceptors (Lipinski definition) is 8. The molecule has 1 aromatic rings. The first-order valence-corrected chi connectivity index (χ1v) is 17.1. The number of rotatable bonds is 21. The van der Waals surface area contributed by atoms with Crippen LogP contribution in [0.1, 0.15) is 102 Å². The summed E-state index contributed by atoms with van der Waals surface area (Å²) < 4.78 is 20.5. The zero-order valence-electron chi connectivity index (χ0n) is 25.8. The Labute approximate surface area is 277 Å². The quantitative estimate of drug-likeness (QED) is 0.0711. The second kappa shape index (κ2) is 22.2. The highest BCUT2D eigenvalue weighted by atomic mass is 35.6. The van der Waals surface area contributed by atoms with Crippen molar-refractivity contribution in [2.45, 2.75) is 138 Å². The molecule has 2 rings (SSSR count). The molecule has 1 fully saturated rings. The van der Waals surface area contributed by atoms with Gasteiger partial charge in [0.05, 0.1) is 13.2 Å². The van der Waals surface area contributed by atoms with Crippen LogP contribution in [0.15, 0.2) is 30.3 Å². The zero-order valence-corrected chi connectivity index (χ0v) is 28.0. The van der Waals surface area contributed by atoms with E-state index in [4.69, 9.17) is 53.8 Å². The highest BCUT2D eigenvalue weighted by Gasteiger charge is 2.49. The van der Waals surface area contributed by atoms with Gasteiger partial charge in [0.2, 0.25) is 3.79 Å². The second-order valence-electron chi connectivity index (χ2n) is 11.3. The minimum Gasteiger partial charge on any atom is -0.457 e. The summed E-state index contributed by atoms with van der Waals surface area (Å²) in [6.07, 6.45) is 9.42. The number of nitrogens with one attached hydrogen (secondary N) is 1. The lowest BCUT2D eigenvalue weighted by molar-refractivity contribution is -0.276. The molecule has 0 saturated carbocycles. The molecule has 9 nitrogen and oxygen atoms in total. The van der Waals surface area contributed by atoms with E-state index in [0.717, 1.165) is 24.8 Å². The maximum atomic E-state index is 12.9. The predicted octanol–water partition coefficient (Wildman–Crippen LogP) is 7.14. The molecule has 1 saturated heterocycles. The van der Waals surface area contributed by atoms with E-state index in [1.807, 2.05) is 30.3 Å². The van der Waals surface area contributed by atoms with E-state index >= 15 is 0 Å². The Morgan fingerprint density at radius 2 is 1.48 bits per heavy atom. The summed E-state index contributed by atoms with van der Waals surface area (Å²) >= 11 is 17.1. The van der Waals surface area contributed by atoms with Crippen LogP contribution in [0.4, 0.5) is 4.79 Å². The minimum absolute atomic E-state index is 0.0841. The number of halogens is 3. The van der Waals surface area contributed by atoms with Crippen LogP contribution in [-0.4, -0.2) is 69.9 Å². The molecule has 0 spiro atoms. The molecular formula is C32H50Cl3NO8. The van der Waals surface area contributed by atoms with Gasteiger partial charge >= 0.3 is 12.1 Å². The van der Waals surface area contributed by atoms with Gasteiger partial charge in [-0.25, -0.2) is 4.79 Å². The van der Waals surface area contributed by atoms with Crippen LogP contribution in [0, 0.1) is 0 Å². The van der Waals surface area contributed by atoms with Crippen molar-refractivity contribution in [2.75, 3.05) is 13.2 Å². The topological polar surface area (TPSA) is 124 Å².